The maximum Gasteiger partial charge on any atom is 0.0829 e. The molecule has 1 saturated heterocycles. The van der Waals surface area contributed by atoms with Crippen LogP contribution in [-0.2, 0) is 4.74 Å². The van der Waals surface area contributed by atoms with E-state index >= 15 is 0 Å². The van der Waals surface area contributed by atoms with Crippen molar-refractivity contribution in [1.82, 2.24) is 9.80 Å². The molecular weight excluding hydrogens is 238 g/mol. The zero-order valence-electron chi connectivity index (χ0n) is 13.5. The van der Waals surface area contributed by atoms with Gasteiger partial charge in [0, 0.05) is 37.8 Å². The third-order valence-electron chi connectivity index (χ3n) is 4.17. The van der Waals surface area contributed by atoms with Crippen molar-refractivity contribution in [2.24, 2.45) is 5.73 Å². The predicted molar refractivity (Wildman–Crippen MR) is 81.4 cm³/mol. The van der Waals surface area contributed by atoms with Crippen LogP contribution in [0.15, 0.2) is 0 Å². The molecule has 0 spiro atoms. The van der Waals surface area contributed by atoms with Crippen LogP contribution in [0.1, 0.15) is 41.0 Å². The molecule has 0 saturated carbocycles. The molecule has 0 radical (unpaired) electrons. The zero-order valence-corrected chi connectivity index (χ0v) is 13.5. The number of nitrogens with zero attached hydrogens (tertiary/aromatic N) is 2. The minimum Gasteiger partial charge on any atom is -0.374 e. The SMILES string of the molecule is CCCN(CC1CN(C(C)C)CCO1)C(C)(C)CN. The molecular formula is C15H33N3O. The Morgan fingerprint density at radius 2 is 2.11 bits per heavy atom. The van der Waals surface area contributed by atoms with Gasteiger partial charge in [-0.25, -0.2) is 0 Å². The Morgan fingerprint density at radius 1 is 1.42 bits per heavy atom. The third-order valence-corrected chi connectivity index (χ3v) is 4.17. The summed E-state index contributed by atoms with van der Waals surface area (Å²) >= 11 is 0. The first kappa shape index (κ1) is 16.9. The van der Waals surface area contributed by atoms with E-state index in [1.165, 1.54) is 0 Å². The summed E-state index contributed by atoms with van der Waals surface area (Å²) in [6, 6.07) is 0.605. The van der Waals surface area contributed by atoms with Crippen LogP contribution < -0.4 is 5.73 Å². The quantitative estimate of drug-likeness (QED) is 0.763. The van der Waals surface area contributed by atoms with Crippen LogP contribution in [0, 0.1) is 0 Å². The minimum absolute atomic E-state index is 0.0550. The lowest BCUT2D eigenvalue weighted by Gasteiger charge is -2.42. The summed E-state index contributed by atoms with van der Waals surface area (Å²) in [5.74, 6) is 0. The van der Waals surface area contributed by atoms with Crippen molar-refractivity contribution in [2.45, 2.75) is 58.7 Å². The van der Waals surface area contributed by atoms with Gasteiger partial charge in [0.25, 0.3) is 0 Å². The Morgan fingerprint density at radius 3 is 2.63 bits per heavy atom. The monoisotopic (exact) mass is 271 g/mol. The molecule has 0 bridgehead atoms. The third kappa shape index (κ3) is 5.03. The van der Waals surface area contributed by atoms with Gasteiger partial charge in [-0.2, -0.15) is 0 Å². The molecule has 1 aliphatic rings. The van der Waals surface area contributed by atoms with E-state index in [0.29, 0.717) is 18.7 Å². The first-order valence-electron chi connectivity index (χ1n) is 7.71. The van der Waals surface area contributed by atoms with Crippen LogP contribution in [-0.4, -0.2) is 66.8 Å². The molecule has 2 N–H and O–H groups in total. The van der Waals surface area contributed by atoms with Gasteiger partial charge in [-0.1, -0.05) is 6.92 Å². The molecule has 1 heterocycles. The van der Waals surface area contributed by atoms with Crippen LogP contribution in [0.25, 0.3) is 0 Å². The molecule has 1 unspecified atom stereocenters. The fourth-order valence-corrected chi connectivity index (χ4v) is 2.61. The summed E-state index contributed by atoms with van der Waals surface area (Å²) in [5, 5.41) is 0. The molecule has 0 aromatic rings. The highest BCUT2D eigenvalue weighted by Crippen LogP contribution is 2.17. The van der Waals surface area contributed by atoms with E-state index in [-0.39, 0.29) is 5.54 Å². The lowest BCUT2D eigenvalue weighted by molar-refractivity contribution is -0.0632. The van der Waals surface area contributed by atoms with E-state index in [1.54, 1.807) is 0 Å². The van der Waals surface area contributed by atoms with Crippen LogP contribution in [0.2, 0.25) is 0 Å². The van der Waals surface area contributed by atoms with E-state index in [0.717, 1.165) is 39.2 Å². The number of morpholine rings is 1. The highest BCUT2D eigenvalue weighted by Gasteiger charge is 2.30. The Hall–Kier alpha value is -0.160. The van der Waals surface area contributed by atoms with Gasteiger partial charge in [-0.15, -0.1) is 0 Å². The van der Waals surface area contributed by atoms with Gasteiger partial charge in [0.2, 0.25) is 0 Å². The summed E-state index contributed by atoms with van der Waals surface area (Å²) < 4.78 is 5.95. The maximum absolute atomic E-state index is 5.95. The summed E-state index contributed by atoms with van der Waals surface area (Å²) in [6.07, 6.45) is 1.47. The summed E-state index contributed by atoms with van der Waals surface area (Å²) in [5.41, 5.74) is 5.98. The molecule has 1 rings (SSSR count). The fourth-order valence-electron chi connectivity index (χ4n) is 2.61. The van der Waals surface area contributed by atoms with Crippen molar-refractivity contribution in [3.8, 4) is 0 Å². The summed E-state index contributed by atoms with van der Waals surface area (Å²) in [6.45, 7) is 16.9. The normalized spacial score (nSPS) is 22.4. The Labute approximate surface area is 119 Å². The number of ether oxygens (including phenoxy) is 1. The van der Waals surface area contributed by atoms with Crippen LogP contribution in [0.4, 0.5) is 0 Å². The lowest BCUT2D eigenvalue weighted by Crippen LogP contribution is -2.56. The van der Waals surface area contributed by atoms with Crippen molar-refractivity contribution in [3.63, 3.8) is 0 Å². The summed E-state index contributed by atoms with van der Waals surface area (Å²) in [7, 11) is 0. The molecule has 1 atom stereocenters. The van der Waals surface area contributed by atoms with Gasteiger partial charge in [0.05, 0.1) is 12.7 Å². The number of rotatable bonds is 7. The highest BCUT2D eigenvalue weighted by atomic mass is 16.5. The smallest absolute Gasteiger partial charge is 0.0829 e. The van der Waals surface area contributed by atoms with Crippen molar-refractivity contribution in [3.05, 3.63) is 0 Å². The van der Waals surface area contributed by atoms with Gasteiger partial charge >= 0.3 is 0 Å². The Bertz CT molecular complexity index is 256. The molecule has 0 aromatic heterocycles. The lowest BCUT2D eigenvalue weighted by atomic mass is 10.0. The number of hydrogen-bond donors (Lipinski definition) is 1. The molecule has 1 fully saturated rings. The average Bonchev–Trinajstić information content (AvgIpc) is 2.38. The van der Waals surface area contributed by atoms with Crippen molar-refractivity contribution in [1.29, 1.82) is 0 Å². The highest BCUT2D eigenvalue weighted by molar-refractivity contribution is 4.86. The fraction of sp³-hybridized carbons (Fsp3) is 1.00. The molecule has 114 valence electrons. The summed E-state index contributed by atoms with van der Waals surface area (Å²) in [4.78, 5) is 5.00. The Balaban J connectivity index is 2.58. The van der Waals surface area contributed by atoms with Gasteiger partial charge in [0.1, 0.15) is 0 Å². The van der Waals surface area contributed by atoms with E-state index in [4.69, 9.17) is 10.5 Å². The van der Waals surface area contributed by atoms with Crippen molar-refractivity contribution >= 4 is 0 Å². The van der Waals surface area contributed by atoms with E-state index in [1.807, 2.05) is 0 Å². The van der Waals surface area contributed by atoms with Gasteiger partial charge in [0.15, 0.2) is 0 Å². The average molecular weight is 271 g/mol. The van der Waals surface area contributed by atoms with E-state index < -0.39 is 0 Å². The molecule has 1 aliphatic heterocycles. The minimum atomic E-state index is 0.0550. The van der Waals surface area contributed by atoms with E-state index in [9.17, 15) is 0 Å². The molecule has 4 heteroatoms. The molecule has 4 nitrogen and oxygen atoms in total. The van der Waals surface area contributed by atoms with Crippen LogP contribution in [0.3, 0.4) is 0 Å². The van der Waals surface area contributed by atoms with Crippen molar-refractivity contribution in [2.75, 3.05) is 39.3 Å². The van der Waals surface area contributed by atoms with Gasteiger partial charge in [-0.05, 0) is 40.7 Å². The van der Waals surface area contributed by atoms with Gasteiger partial charge in [-0.3, -0.25) is 9.80 Å². The second-order valence-corrected chi connectivity index (χ2v) is 6.54. The van der Waals surface area contributed by atoms with Crippen LogP contribution >= 0.6 is 0 Å². The molecule has 0 amide bonds. The first-order chi connectivity index (χ1) is 8.90. The zero-order chi connectivity index (χ0) is 14.5. The maximum atomic E-state index is 5.95. The van der Waals surface area contributed by atoms with E-state index in [2.05, 4.69) is 44.4 Å². The second kappa shape index (κ2) is 7.58. The topological polar surface area (TPSA) is 41.7 Å². The van der Waals surface area contributed by atoms with Crippen molar-refractivity contribution < 1.29 is 4.74 Å². The second-order valence-electron chi connectivity index (χ2n) is 6.54. The van der Waals surface area contributed by atoms with Crippen LogP contribution in [0.5, 0.6) is 0 Å². The van der Waals surface area contributed by atoms with Gasteiger partial charge < -0.3 is 10.5 Å². The molecule has 0 aromatic carbocycles. The largest absolute Gasteiger partial charge is 0.374 e. The molecule has 0 aliphatic carbocycles. The first-order valence-corrected chi connectivity index (χ1v) is 7.71. The molecule has 19 heavy (non-hydrogen) atoms. The number of hydrogen-bond acceptors (Lipinski definition) is 4. The standard InChI is InChI=1S/C15H33N3O/c1-6-7-18(15(4,5)12-16)11-14-10-17(13(2)3)8-9-19-14/h13-14H,6-12,16H2,1-5H3. The number of nitrogens with two attached hydrogens (primary N) is 1. The predicted octanol–water partition coefficient (Wildman–Crippen LogP) is 1.54. The Kier molecular flexibility index (Phi) is 6.74.